The number of hydrogen-bond donors (Lipinski definition) is 0. The lowest BCUT2D eigenvalue weighted by Crippen LogP contribution is -2.40. The van der Waals surface area contributed by atoms with Crippen molar-refractivity contribution in [2.75, 3.05) is 26.9 Å². The fourth-order valence-electron chi connectivity index (χ4n) is 5.20. The van der Waals surface area contributed by atoms with Crippen LogP contribution in [0.5, 0.6) is 17.2 Å². The summed E-state index contributed by atoms with van der Waals surface area (Å²) in [7, 11) is 1.26. The number of nitriles is 1. The number of thiazole rings is 1. The molecule has 0 saturated heterocycles. The van der Waals surface area contributed by atoms with Crippen LogP contribution in [0.2, 0.25) is 5.02 Å². The summed E-state index contributed by atoms with van der Waals surface area (Å²) in [6.45, 7) is 5.44. The Morgan fingerprint density at radius 1 is 1.06 bits per heavy atom. The molecule has 0 N–H and O–H groups in total. The Labute approximate surface area is 304 Å². The summed E-state index contributed by atoms with van der Waals surface area (Å²) in [5.41, 5.74) is 2.61. The van der Waals surface area contributed by atoms with Crippen molar-refractivity contribution in [3.8, 4) is 23.3 Å². The third-order valence-corrected chi connectivity index (χ3v) is 9.25. The third kappa shape index (κ3) is 7.94. The molecule has 0 bridgehead atoms. The van der Waals surface area contributed by atoms with E-state index in [9.17, 15) is 14.4 Å². The molecule has 0 amide bonds. The Morgan fingerprint density at radius 3 is 2.50 bits per heavy atom. The number of rotatable bonds is 12. The van der Waals surface area contributed by atoms with Crippen molar-refractivity contribution in [3.05, 3.63) is 117 Å². The third-order valence-electron chi connectivity index (χ3n) is 7.46. The largest absolute Gasteiger partial charge is 0.490 e. The smallest absolute Gasteiger partial charge is 0.343 e. The molecule has 0 aliphatic carbocycles. The number of methoxy groups -OCH3 is 1. The van der Waals surface area contributed by atoms with Crippen LogP contribution in [0.4, 0.5) is 0 Å². The number of halogens is 2. The highest BCUT2D eigenvalue weighted by Gasteiger charge is 2.34. The topological polar surface area (TPSA) is 138 Å². The minimum Gasteiger partial charge on any atom is -0.490 e. The van der Waals surface area contributed by atoms with Gasteiger partial charge in [-0.3, -0.25) is 9.36 Å². The molecule has 50 heavy (non-hydrogen) atoms. The molecule has 5 rings (SSSR count). The van der Waals surface area contributed by atoms with Gasteiger partial charge in [-0.05, 0) is 90.3 Å². The SMILES string of the molecule is CCOC(=O)C1=C(C)N=c2s/c(=C/c3cc(Cl)cc(Br)c3OCc3ccc(C#N)cc3)c(=O)n2[C@H]1c1ccc(OCC(=O)OC)c(OCC)c1. The molecule has 3 aromatic carbocycles. The predicted molar refractivity (Wildman–Crippen MR) is 190 cm³/mol. The molecule has 4 aromatic rings. The van der Waals surface area contributed by atoms with Crippen LogP contribution in [0.15, 0.2) is 80.1 Å². The van der Waals surface area contributed by atoms with Gasteiger partial charge in [0.15, 0.2) is 22.9 Å². The number of hydrogen-bond acceptors (Lipinski definition) is 11. The van der Waals surface area contributed by atoms with Gasteiger partial charge < -0.3 is 23.7 Å². The van der Waals surface area contributed by atoms with Crippen LogP contribution in [-0.4, -0.2) is 43.4 Å². The number of fused-ring (bicyclic) bond motifs is 1. The molecule has 1 aliphatic rings. The Hall–Kier alpha value is -4.90. The van der Waals surface area contributed by atoms with E-state index >= 15 is 0 Å². The summed E-state index contributed by atoms with van der Waals surface area (Å²) >= 11 is 11.1. The van der Waals surface area contributed by atoms with E-state index in [0.717, 1.165) is 16.9 Å². The average Bonchev–Trinajstić information content (AvgIpc) is 3.40. The minimum atomic E-state index is -0.931. The lowest BCUT2D eigenvalue weighted by molar-refractivity contribution is -0.143. The van der Waals surface area contributed by atoms with Gasteiger partial charge in [0.2, 0.25) is 0 Å². The van der Waals surface area contributed by atoms with Crippen LogP contribution >= 0.6 is 38.9 Å². The fourth-order valence-corrected chi connectivity index (χ4v) is 7.18. The number of ether oxygens (including phenoxy) is 5. The monoisotopic (exact) mass is 779 g/mol. The van der Waals surface area contributed by atoms with E-state index in [1.807, 2.05) is 0 Å². The van der Waals surface area contributed by atoms with Gasteiger partial charge in [-0.2, -0.15) is 5.26 Å². The van der Waals surface area contributed by atoms with Crippen molar-refractivity contribution in [2.45, 2.75) is 33.4 Å². The van der Waals surface area contributed by atoms with Crippen LogP contribution in [0.1, 0.15) is 49.1 Å². The molecule has 258 valence electrons. The highest BCUT2D eigenvalue weighted by atomic mass is 79.9. The predicted octanol–water partition coefficient (Wildman–Crippen LogP) is 5.62. The molecule has 0 saturated carbocycles. The average molecular weight is 781 g/mol. The van der Waals surface area contributed by atoms with Crippen LogP contribution < -0.4 is 29.1 Å². The van der Waals surface area contributed by atoms with Crippen LogP contribution in [0.3, 0.4) is 0 Å². The number of carbonyl (C=O) groups excluding carboxylic acids is 2. The summed E-state index contributed by atoms with van der Waals surface area (Å²) in [5, 5.41) is 9.54. The van der Waals surface area contributed by atoms with E-state index < -0.39 is 23.5 Å². The highest BCUT2D eigenvalue weighted by Crippen LogP contribution is 2.37. The molecular formula is C36H31BrClN3O8S. The van der Waals surface area contributed by atoms with Gasteiger partial charge in [0.25, 0.3) is 5.56 Å². The Morgan fingerprint density at radius 2 is 1.82 bits per heavy atom. The van der Waals surface area contributed by atoms with Crippen molar-refractivity contribution in [1.29, 1.82) is 5.26 Å². The van der Waals surface area contributed by atoms with Crippen molar-refractivity contribution in [2.24, 2.45) is 4.99 Å². The summed E-state index contributed by atoms with van der Waals surface area (Å²) in [6, 6.07) is 16.5. The van der Waals surface area contributed by atoms with Gasteiger partial charge >= 0.3 is 11.9 Å². The molecule has 1 aromatic heterocycles. The minimum absolute atomic E-state index is 0.117. The zero-order valence-electron chi connectivity index (χ0n) is 27.5. The summed E-state index contributed by atoms with van der Waals surface area (Å²) in [6.07, 6.45) is 1.67. The Bertz CT molecular complexity index is 2210. The number of nitrogens with zero attached hydrogens (tertiary/aromatic N) is 3. The van der Waals surface area contributed by atoms with Crippen LogP contribution in [0.25, 0.3) is 6.08 Å². The molecule has 0 spiro atoms. The second-order valence-electron chi connectivity index (χ2n) is 10.7. The Kier molecular flexibility index (Phi) is 11.8. The van der Waals surface area contributed by atoms with Crippen LogP contribution in [0, 0.1) is 11.3 Å². The van der Waals surface area contributed by atoms with Gasteiger partial charge in [0, 0.05) is 10.6 Å². The number of aromatic nitrogens is 1. The van der Waals surface area contributed by atoms with Crippen molar-refractivity contribution in [3.63, 3.8) is 0 Å². The summed E-state index contributed by atoms with van der Waals surface area (Å²) in [4.78, 5) is 44.5. The number of allylic oxidation sites excluding steroid dienone is 1. The summed E-state index contributed by atoms with van der Waals surface area (Å²) < 4.78 is 30.1. The molecule has 2 heterocycles. The second kappa shape index (κ2) is 16.2. The molecule has 0 radical (unpaired) electrons. The molecule has 0 fully saturated rings. The maximum Gasteiger partial charge on any atom is 0.343 e. The molecule has 14 heteroatoms. The molecule has 0 unspecified atom stereocenters. The standard InChI is InChI=1S/C36H31BrClN3O8S/c1-5-46-28-14-23(11-12-27(28)48-19-30(42)45-4)32-31(35(44)47-6-2)20(3)40-36-41(32)34(43)29(50-36)15-24-13-25(38)16-26(37)33(24)49-18-22-9-7-21(17-39)8-10-22/h7-16,32H,5-6,18-19H2,1-4H3/b29-15+/t32-/m0/s1. The Balaban J connectivity index is 1.63. The quantitative estimate of drug-likeness (QED) is 0.168. The maximum absolute atomic E-state index is 14.3. The normalized spacial score (nSPS) is 13.9. The van der Waals surface area contributed by atoms with Gasteiger partial charge in [0.05, 0.1) is 58.3 Å². The van der Waals surface area contributed by atoms with E-state index in [-0.39, 0.29) is 37.8 Å². The van der Waals surface area contributed by atoms with E-state index in [1.54, 1.807) is 81.4 Å². The van der Waals surface area contributed by atoms with Crippen molar-refractivity contribution >= 4 is 56.9 Å². The van der Waals surface area contributed by atoms with Gasteiger partial charge in [-0.25, -0.2) is 14.6 Å². The molecule has 1 aliphatic heterocycles. The van der Waals surface area contributed by atoms with Gasteiger partial charge in [0.1, 0.15) is 12.4 Å². The number of carbonyl (C=O) groups is 2. The second-order valence-corrected chi connectivity index (χ2v) is 13.0. The zero-order valence-corrected chi connectivity index (χ0v) is 30.6. The molecule has 11 nitrogen and oxygen atoms in total. The lowest BCUT2D eigenvalue weighted by Gasteiger charge is -2.25. The first kappa shape index (κ1) is 36.4. The first-order valence-electron chi connectivity index (χ1n) is 15.3. The first-order chi connectivity index (χ1) is 24.1. The molecule has 1 atom stereocenters. The highest BCUT2D eigenvalue weighted by molar-refractivity contribution is 9.10. The fraction of sp³-hybridized carbons (Fsp3) is 0.250. The number of esters is 2. The van der Waals surface area contributed by atoms with E-state index in [1.165, 1.54) is 11.7 Å². The van der Waals surface area contributed by atoms with E-state index in [2.05, 4.69) is 31.7 Å². The van der Waals surface area contributed by atoms with Crippen LogP contribution in [-0.2, 0) is 25.7 Å². The lowest BCUT2D eigenvalue weighted by atomic mass is 9.95. The van der Waals surface area contributed by atoms with Gasteiger partial charge in [-0.15, -0.1) is 0 Å². The molecular weight excluding hydrogens is 750 g/mol. The van der Waals surface area contributed by atoms with Gasteiger partial charge in [-0.1, -0.05) is 41.1 Å². The first-order valence-corrected chi connectivity index (χ1v) is 17.3. The number of benzene rings is 3. The van der Waals surface area contributed by atoms with E-state index in [4.69, 9.17) is 35.8 Å². The van der Waals surface area contributed by atoms with E-state index in [0.29, 0.717) is 52.7 Å². The van der Waals surface area contributed by atoms with Crippen molar-refractivity contribution in [1.82, 2.24) is 4.57 Å². The maximum atomic E-state index is 14.3. The van der Waals surface area contributed by atoms with Crippen molar-refractivity contribution < 1.29 is 33.3 Å². The zero-order chi connectivity index (χ0) is 35.9. The summed E-state index contributed by atoms with van der Waals surface area (Å²) in [5.74, 6) is -0.141.